The van der Waals surface area contributed by atoms with Gasteiger partial charge in [-0.15, -0.1) is 0 Å². The number of anilines is 2. The Labute approximate surface area is 123 Å². The Balaban J connectivity index is 2.30. The molecule has 0 bridgehead atoms. The van der Waals surface area contributed by atoms with E-state index in [1.807, 2.05) is 0 Å². The van der Waals surface area contributed by atoms with Gasteiger partial charge < -0.3 is 15.8 Å². The van der Waals surface area contributed by atoms with E-state index in [1.54, 1.807) is 18.2 Å². The summed E-state index contributed by atoms with van der Waals surface area (Å²) in [5.41, 5.74) is 6.82. The van der Waals surface area contributed by atoms with E-state index in [1.165, 1.54) is 19.2 Å². The number of amides is 1. The summed E-state index contributed by atoms with van der Waals surface area (Å²) in [4.78, 5) is 12.1. The first kappa shape index (κ1) is 14.3. The van der Waals surface area contributed by atoms with Gasteiger partial charge in [0.15, 0.2) is 0 Å². The molecule has 0 atom stereocenters. The second-order valence-electron chi connectivity index (χ2n) is 4.04. The van der Waals surface area contributed by atoms with Crippen LogP contribution in [-0.2, 0) is 0 Å². The van der Waals surface area contributed by atoms with Crippen molar-refractivity contribution in [3.05, 3.63) is 52.3 Å². The lowest BCUT2D eigenvalue weighted by atomic mass is 10.2. The third-order valence-corrected chi connectivity index (χ3v) is 3.34. The molecule has 0 unspecified atom stereocenters. The smallest absolute Gasteiger partial charge is 0.257 e. The fourth-order valence-electron chi connectivity index (χ4n) is 1.67. The van der Waals surface area contributed by atoms with E-state index < -0.39 is 11.7 Å². The largest absolute Gasteiger partial charge is 0.494 e. The lowest BCUT2D eigenvalue weighted by Crippen LogP contribution is -2.13. The molecule has 0 heterocycles. The zero-order valence-electron chi connectivity index (χ0n) is 10.6. The van der Waals surface area contributed by atoms with Gasteiger partial charge in [0.1, 0.15) is 11.6 Å². The molecule has 0 saturated carbocycles. The molecule has 0 saturated heterocycles. The number of nitrogens with two attached hydrogens (primary N) is 1. The van der Waals surface area contributed by atoms with Crippen molar-refractivity contribution in [1.82, 2.24) is 0 Å². The van der Waals surface area contributed by atoms with E-state index >= 15 is 0 Å². The summed E-state index contributed by atoms with van der Waals surface area (Å²) in [6, 6.07) is 8.76. The highest BCUT2D eigenvalue weighted by molar-refractivity contribution is 9.10. The molecule has 104 valence electrons. The number of carbonyl (C=O) groups excluding carboxylic acids is 1. The average Bonchev–Trinajstić information content (AvgIpc) is 2.43. The average molecular weight is 339 g/mol. The van der Waals surface area contributed by atoms with Gasteiger partial charge in [-0.05, 0) is 46.3 Å². The molecule has 0 radical (unpaired) electrons. The van der Waals surface area contributed by atoms with Crippen molar-refractivity contribution < 1.29 is 13.9 Å². The van der Waals surface area contributed by atoms with Crippen molar-refractivity contribution in [2.24, 2.45) is 0 Å². The molecular formula is C14H12BrFN2O2. The third-order valence-electron chi connectivity index (χ3n) is 2.65. The van der Waals surface area contributed by atoms with Gasteiger partial charge in [-0.1, -0.05) is 0 Å². The number of hydrogen-bond donors (Lipinski definition) is 2. The fourth-order valence-corrected chi connectivity index (χ4v) is 2.10. The minimum absolute atomic E-state index is 0.198. The predicted molar refractivity (Wildman–Crippen MR) is 79.5 cm³/mol. The van der Waals surface area contributed by atoms with Crippen LogP contribution < -0.4 is 15.8 Å². The van der Waals surface area contributed by atoms with Gasteiger partial charge in [0.05, 0.1) is 18.4 Å². The van der Waals surface area contributed by atoms with Crippen LogP contribution in [0.2, 0.25) is 0 Å². The zero-order chi connectivity index (χ0) is 14.7. The molecule has 1 amide bonds. The minimum Gasteiger partial charge on any atom is -0.494 e. The molecule has 4 nitrogen and oxygen atoms in total. The maximum atomic E-state index is 13.2. The van der Waals surface area contributed by atoms with Gasteiger partial charge in [0.25, 0.3) is 5.91 Å². The maximum absolute atomic E-state index is 13.2. The van der Waals surface area contributed by atoms with E-state index in [9.17, 15) is 9.18 Å². The molecule has 0 spiro atoms. The van der Waals surface area contributed by atoms with E-state index in [4.69, 9.17) is 10.5 Å². The molecule has 2 aromatic carbocycles. The number of methoxy groups -OCH3 is 1. The molecule has 20 heavy (non-hydrogen) atoms. The van der Waals surface area contributed by atoms with E-state index in [2.05, 4.69) is 21.2 Å². The van der Waals surface area contributed by atoms with E-state index in [0.29, 0.717) is 21.6 Å². The number of nitrogens with one attached hydrogen (secondary N) is 1. The third kappa shape index (κ3) is 3.08. The van der Waals surface area contributed by atoms with Crippen LogP contribution >= 0.6 is 15.9 Å². The van der Waals surface area contributed by atoms with Gasteiger partial charge in [0, 0.05) is 16.2 Å². The van der Waals surface area contributed by atoms with Crippen LogP contribution in [0.4, 0.5) is 15.8 Å². The first-order valence-corrected chi connectivity index (χ1v) is 6.50. The quantitative estimate of drug-likeness (QED) is 0.842. The van der Waals surface area contributed by atoms with Crippen LogP contribution in [-0.4, -0.2) is 13.0 Å². The highest BCUT2D eigenvalue weighted by Gasteiger charge is 2.13. The molecular weight excluding hydrogens is 327 g/mol. The van der Waals surface area contributed by atoms with Gasteiger partial charge in [0.2, 0.25) is 0 Å². The Kier molecular flexibility index (Phi) is 4.24. The highest BCUT2D eigenvalue weighted by Crippen LogP contribution is 2.28. The summed E-state index contributed by atoms with van der Waals surface area (Å²) in [7, 11) is 1.47. The number of ether oxygens (including phenoxy) is 1. The number of rotatable bonds is 3. The Morgan fingerprint density at radius 1 is 1.30 bits per heavy atom. The van der Waals surface area contributed by atoms with Gasteiger partial charge in [-0.2, -0.15) is 0 Å². The van der Waals surface area contributed by atoms with E-state index in [-0.39, 0.29) is 5.56 Å². The van der Waals surface area contributed by atoms with Crippen molar-refractivity contribution in [3.63, 3.8) is 0 Å². The predicted octanol–water partition coefficient (Wildman–Crippen LogP) is 3.43. The molecule has 0 aliphatic carbocycles. The van der Waals surface area contributed by atoms with Crippen LogP contribution in [0.5, 0.6) is 5.75 Å². The highest BCUT2D eigenvalue weighted by atomic mass is 79.9. The molecule has 0 aromatic heterocycles. The van der Waals surface area contributed by atoms with Crippen molar-refractivity contribution in [2.75, 3.05) is 18.2 Å². The first-order chi connectivity index (χ1) is 9.51. The van der Waals surface area contributed by atoms with E-state index in [0.717, 1.165) is 6.07 Å². The number of halogens is 2. The number of carbonyl (C=O) groups is 1. The van der Waals surface area contributed by atoms with Crippen molar-refractivity contribution in [3.8, 4) is 5.75 Å². The normalized spacial score (nSPS) is 10.2. The molecule has 0 aliphatic rings. The molecule has 0 fully saturated rings. The lowest BCUT2D eigenvalue weighted by molar-refractivity contribution is 0.102. The topological polar surface area (TPSA) is 64.3 Å². The monoisotopic (exact) mass is 338 g/mol. The van der Waals surface area contributed by atoms with Crippen molar-refractivity contribution in [1.29, 1.82) is 0 Å². The summed E-state index contributed by atoms with van der Waals surface area (Å²) in [5.74, 6) is -0.493. The Morgan fingerprint density at radius 3 is 2.75 bits per heavy atom. The van der Waals surface area contributed by atoms with Crippen LogP contribution in [0.15, 0.2) is 40.9 Å². The van der Waals surface area contributed by atoms with Crippen LogP contribution in [0.1, 0.15) is 10.4 Å². The number of nitrogen functional groups attached to an aromatic ring is 1. The Bertz CT molecular complexity index is 662. The van der Waals surface area contributed by atoms with Crippen LogP contribution in [0.3, 0.4) is 0 Å². The van der Waals surface area contributed by atoms with Crippen LogP contribution in [0.25, 0.3) is 0 Å². The zero-order valence-corrected chi connectivity index (χ0v) is 12.2. The molecule has 0 aliphatic heterocycles. The van der Waals surface area contributed by atoms with Gasteiger partial charge >= 0.3 is 0 Å². The standard InChI is InChI=1S/C14H12BrFN2O2/c1-20-13-7-9(17)3-5-12(13)18-14(19)10-6-8(16)2-4-11(10)15/h2-7H,17H2,1H3,(H,18,19). The molecule has 3 N–H and O–H groups in total. The number of benzene rings is 2. The van der Waals surface area contributed by atoms with Crippen LogP contribution in [0, 0.1) is 5.82 Å². The Hall–Kier alpha value is -2.08. The summed E-state index contributed by atoms with van der Waals surface area (Å²) in [6.07, 6.45) is 0. The fraction of sp³-hybridized carbons (Fsp3) is 0.0714. The van der Waals surface area contributed by atoms with Crippen molar-refractivity contribution in [2.45, 2.75) is 0 Å². The summed E-state index contributed by atoms with van der Waals surface area (Å²) < 4.78 is 18.8. The van der Waals surface area contributed by atoms with Crippen molar-refractivity contribution >= 4 is 33.2 Å². The summed E-state index contributed by atoms with van der Waals surface area (Å²) in [5, 5.41) is 2.66. The summed E-state index contributed by atoms with van der Waals surface area (Å²) in [6.45, 7) is 0. The first-order valence-electron chi connectivity index (χ1n) is 5.71. The molecule has 2 aromatic rings. The number of hydrogen-bond acceptors (Lipinski definition) is 3. The SMILES string of the molecule is COc1cc(N)ccc1NC(=O)c1cc(F)ccc1Br. The Morgan fingerprint density at radius 2 is 2.05 bits per heavy atom. The minimum atomic E-state index is -0.484. The molecule has 6 heteroatoms. The lowest BCUT2D eigenvalue weighted by Gasteiger charge is -2.11. The van der Waals surface area contributed by atoms with Gasteiger partial charge in [-0.3, -0.25) is 4.79 Å². The maximum Gasteiger partial charge on any atom is 0.257 e. The molecule has 2 rings (SSSR count). The second kappa shape index (κ2) is 5.92. The van der Waals surface area contributed by atoms with Gasteiger partial charge in [-0.25, -0.2) is 4.39 Å². The summed E-state index contributed by atoms with van der Waals surface area (Å²) >= 11 is 3.21. The second-order valence-corrected chi connectivity index (χ2v) is 4.89.